The molecule has 1 aliphatic heterocycles. The van der Waals surface area contributed by atoms with E-state index in [1.54, 1.807) is 0 Å². The Morgan fingerprint density at radius 2 is 2.00 bits per heavy atom. The number of benzene rings is 1. The molecule has 1 saturated heterocycles. The van der Waals surface area contributed by atoms with Crippen LogP contribution in [0.5, 0.6) is 0 Å². The van der Waals surface area contributed by atoms with Crippen LogP contribution in [0.25, 0.3) is 0 Å². The number of halogens is 1. The molecule has 100 valence electrons. The van der Waals surface area contributed by atoms with E-state index in [0.717, 1.165) is 25.3 Å². The monoisotopic (exact) mass is 251 g/mol. The van der Waals surface area contributed by atoms with Crippen LogP contribution in [0.2, 0.25) is 0 Å². The lowest BCUT2D eigenvalue weighted by molar-refractivity contribution is 0.307. The van der Waals surface area contributed by atoms with Crippen molar-refractivity contribution in [1.82, 2.24) is 10.2 Å². The van der Waals surface area contributed by atoms with E-state index in [4.69, 9.17) is 0 Å². The molecule has 0 aliphatic carbocycles. The predicted octanol–water partition coefficient (Wildman–Crippen LogP) is 1.55. The van der Waals surface area contributed by atoms with Crippen molar-refractivity contribution in [2.45, 2.75) is 19.0 Å². The Labute approximate surface area is 109 Å². The molecule has 2 atom stereocenters. The van der Waals surface area contributed by atoms with E-state index < -0.39 is 0 Å². The fraction of sp³-hybridized carbons (Fsp3) is 0.571. The molecule has 18 heavy (non-hydrogen) atoms. The van der Waals surface area contributed by atoms with Gasteiger partial charge < -0.3 is 15.1 Å². The van der Waals surface area contributed by atoms with Gasteiger partial charge in [-0.3, -0.25) is 0 Å². The number of piperazine rings is 1. The first kappa shape index (κ1) is 13.3. The molecule has 0 saturated carbocycles. The second-order valence-corrected chi connectivity index (χ2v) is 5.35. The number of nitrogens with one attached hydrogen (secondary N) is 1. The number of likely N-dealkylation sites (N-methyl/N-ethyl adjacent to an activating group) is 1. The SMILES string of the molecule is CC1CNC(CN(C)C)CN1c1ccc(F)cc1. The molecule has 0 amide bonds. The Bertz CT molecular complexity index is 377. The summed E-state index contributed by atoms with van der Waals surface area (Å²) in [6.45, 7) is 5.15. The van der Waals surface area contributed by atoms with Crippen LogP contribution < -0.4 is 10.2 Å². The molecule has 1 aromatic rings. The summed E-state index contributed by atoms with van der Waals surface area (Å²) in [5, 5.41) is 3.55. The van der Waals surface area contributed by atoms with E-state index in [2.05, 4.69) is 36.1 Å². The maximum atomic E-state index is 13.0. The van der Waals surface area contributed by atoms with Gasteiger partial charge in [0.15, 0.2) is 0 Å². The van der Waals surface area contributed by atoms with Gasteiger partial charge in [0.2, 0.25) is 0 Å². The molecular formula is C14H22FN3. The number of hydrogen-bond donors (Lipinski definition) is 1. The van der Waals surface area contributed by atoms with Crippen LogP contribution in [0.4, 0.5) is 10.1 Å². The molecule has 0 spiro atoms. The highest BCUT2D eigenvalue weighted by atomic mass is 19.1. The van der Waals surface area contributed by atoms with E-state index in [1.807, 2.05) is 12.1 Å². The lowest BCUT2D eigenvalue weighted by Gasteiger charge is -2.41. The fourth-order valence-corrected chi connectivity index (χ4v) is 2.48. The normalized spacial score (nSPS) is 24.6. The molecule has 0 aromatic heterocycles. The van der Waals surface area contributed by atoms with E-state index in [-0.39, 0.29) is 5.82 Å². The van der Waals surface area contributed by atoms with Gasteiger partial charge in [0.1, 0.15) is 5.82 Å². The Balaban J connectivity index is 2.07. The van der Waals surface area contributed by atoms with Crippen molar-refractivity contribution in [3.05, 3.63) is 30.1 Å². The summed E-state index contributed by atoms with van der Waals surface area (Å²) in [5.41, 5.74) is 1.11. The Hall–Kier alpha value is -1.13. The van der Waals surface area contributed by atoms with Crippen molar-refractivity contribution in [1.29, 1.82) is 0 Å². The largest absolute Gasteiger partial charge is 0.366 e. The van der Waals surface area contributed by atoms with Crippen molar-refractivity contribution >= 4 is 5.69 Å². The first-order valence-corrected chi connectivity index (χ1v) is 6.46. The zero-order chi connectivity index (χ0) is 13.1. The molecular weight excluding hydrogens is 229 g/mol. The predicted molar refractivity (Wildman–Crippen MR) is 73.6 cm³/mol. The second-order valence-electron chi connectivity index (χ2n) is 5.35. The number of hydrogen-bond acceptors (Lipinski definition) is 3. The van der Waals surface area contributed by atoms with E-state index >= 15 is 0 Å². The molecule has 1 aromatic carbocycles. The van der Waals surface area contributed by atoms with Gasteiger partial charge >= 0.3 is 0 Å². The van der Waals surface area contributed by atoms with Crippen LogP contribution in [0.3, 0.4) is 0 Å². The molecule has 0 radical (unpaired) electrons. The van der Waals surface area contributed by atoms with Gasteiger partial charge in [-0.15, -0.1) is 0 Å². The van der Waals surface area contributed by atoms with Crippen LogP contribution in [0.15, 0.2) is 24.3 Å². The van der Waals surface area contributed by atoms with Crippen LogP contribution in [-0.4, -0.2) is 50.7 Å². The zero-order valence-corrected chi connectivity index (χ0v) is 11.4. The molecule has 2 unspecified atom stereocenters. The summed E-state index contributed by atoms with van der Waals surface area (Å²) >= 11 is 0. The van der Waals surface area contributed by atoms with Gasteiger partial charge in [-0.2, -0.15) is 0 Å². The Morgan fingerprint density at radius 3 is 2.61 bits per heavy atom. The van der Waals surface area contributed by atoms with Gasteiger partial charge in [0.05, 0.1) is 0 Å². The van der Waals surface area contributed by atoms with Crippen LogP contribution in [0.1, 0.15) is 6.92 Å². The van der Waals surface area contributed by atoms with Crippen LogP contribution in [0, 0.1) is 5.82 Å². The standard InChI is InChI=1S/C14H22FN3/c1-11-8-16-13(9-17(2)3)10-18(11)14-6-4-12(15)5-7-14/h4-7,11,13,16H,8-10H2,1-3H3. The zero-order valence-electron chi connectivity index (χ0n) is 11.4. The van der Waals surface area contributed by atoms with Gasteiger partial charge in [0.25, 0.3) is 0 Å². The number of anilines is 1. The van der Waals surface area contributed by atoms with Gasteiger partial charge in [-0.25, -0.2) is 4.39 Å². The second kappa shape index (κ2) is 5.67. The topological polar surface area (TPSA) is 18.5 Å². The van der Waals surface area contributed by atoms with E-state index in [1.165, 1.54) is 12.1 Å². The third-order valence-corrected chi connectivity index (χ3v) is 3.39. The van der Waals surface area contributed by atoms with Crippen LogP contribution >= 0.6 is 0 Å². The average Bonchev–Trinajstić information content (AvgIpc) is 2.32. The molecule has 1 fully saturated rings. The lowest BCUT2D eigenvalue weighted by Crippen LogP contribution is -2.58. The Morgan fingerprint density at radius 1 is 1.33 bits per heavy atom. The van der Waals surface area contributed by atoms with E-state index in [9.17, 15) is 4.39 Å². The summed E-state index contributed by atoms with van der Waals surface area (Å²) < 4.78 is 13.0. The summed E-state index contributed by atoms with van der Waals surface area (Å²) in [5.74, 6) is -0.175. The summed E-state index contributed by atoms with van der Waals surface area (Å²) in [6, 6.07) is 7.69. The summed E-state index contributed by atoms with van der Waals surface area (Å²) in [4.78, 5) is 4.54. The van der Waals surface area contributed by atoms with E-state index in [0.29, 0.717) is 12.1 Å². The van der Waals surface area contributed by atoms with Crippen molar-refractivity contribution in [3.8, 4) is 0 Å². The first-order valence-electron chi connectivity index (χ1n) is 6.46. The Kier molecular flexibility index (Phi) is 4.19. The van der Waals surface area contributed by atoms with Crippen LogP contribution in [-0.2, 0) is 0 Å². The molecule has 3 nitrogen and oxygen atoms in total. The summed E-state index contributed by atoms with van der Waals surface area (Å²) in [7, 11) is 4.17. The fourth-order valence-electron chi connectivity index (χ4n) is 2.48. The minimum atomic E-state index is -0.175. The molecule has 1 heterocycles. The molecule has 0 bridgehead atoms. The van der Waals surface area contributed by atoms with Gasteiger partial charge in [0, 0.05) is 37.4 Å². The van der Waals surface area contributed by atoms with Crippen molar-refractivity contribution in [2.24, 2.45) is 0 Å². The molecule has 1 aliphatic rings. The van der Waals surface area contributed by atoms with Crippen molar-refractivity contribution < 1.29 is 4.39 Å². The molecule has 4 heteroatoms. The maximum Gasteiger partial charge on any atom is 0.123 e. The molecule has 2 rings (SSSR count). The third kappa shape index (κ3) is 3.21. The summed E-state index contributed by atoms with van der Waals surface area (Å²) in [6.07, 6.45) is 0. The van der Waals surface area contributed by atoms with Crippen molar-refractivity contribution in [2.75, 3.05) is 38.6 Å². The highest BCUT2D eigenvalue weighted by Crippen LogP contribution is 2.20. The highest BCUT2D eigenvalue weighted by Gasteiger charge is 2.25. The minimum Gasteiger partial charge on any atom is -0.366 e. The average molecular weight is 251 g/mol. The van der Waals surface area contributed by atoms with Crippen molar-refractivity contribution in [3.63, 3.8) is 0 Å². The number of rotatable bonds is 3. The number of nitrogens with zero attached hydrogens (tertiary/aromatic N) is 2. The van der Waals surface area contributed by atoms with Gasteiger partial charge in [-0.1, -0.05) is 0 Å². The first-order chi connectivity index (χ1) is 8.56. The smallest absolute Gasteiger partial charge is 0.123 e. The quantitative estimate of drug-likeness (QED) is 0.879. The maximum absolute atomic E-state index is 13.0. The lowest BCUT2D eigenvalue weighted by atomic mass is 10.1. The third-order valence-electron chi connectivity index (χ3n) is 3.39. The minimum absolute atomic E-state index is 0.175. The van der Waals surface area contributed by atoms with Gasteiger partial charge in [-0.05, 0) is 45.3 Å². The molecule has 1 N–H and O–H groups in total. The highest BCUT2D eigenvalue weighted by molar-refractivity contribution is 5.48.